The molecular weight excluding hydrogens is 226 g/mol. The fraction of sp³-hybridized carbons (Fsp3) is 0.600. The number of benzene rings is 1. The van der Waals surface area contributed by atoms with E-state index in [0.717, 1.165) is 18.6 Å². The van der Waals surface area contributed by atoms with Gasteiger partial charge in [-0.25, -0.2) is 0 Å². The summed E-state index contributed by atoms with van der Waals surface area (Å²) in [6, 6.07) is 9.49. The van der Waals surface area contributed by atoms with Crippen LogP contribution in [0.5, 0.6) is 5.75 Å². The number of ether oxygens (including phenoxy) is 1. The highest BCUT2D eigenvalue weighted by Crippen LogP contribution is 2.41. The summed E-state index contributed by atoms with van der Waals surface area (Å²) < 4.78 is 5.41. The molecule has 0 heterocycles. The van der Waals surface area contributed by atoms with Gasteiger partial charge in [-0.2, -0.15) is 0 Å². The lowest BCUT2D eigenvalue weighted by Gasteiger charge is -2.42. The van der Waals surface area contributed by atoms with Gasteiger partial charge in [-0.05, 0) is 43.2 Å². The summed E-state index contributed by atoms with van der Waals surface area (Å²) in [7, 11) is 1.74. The van der Waals surface area contributed by atoms with Gasteiger partial charge in [0.05, 0.1) is 13.2 Å². The van der Waals surface area contributed by atoms with Crippen LogP contribution in [0.3, 0.4) is 0 Å². The SMILES string of the molecule is COc1ccccc1C1CC(NC2CC(O)C2)C1. The maximum atomic E-state index is 9.26. The molecular formula is C15H21NO2. The number of hydrogen-bond donors (Lipinski definition) is 2. The van der Waals surface area contributed by atoms with Crippen LogP contribution >= 0.6 is 0 Å². The van der Waals surface area contributed by atoms with E-state index in [1.54, 1.807) is 7.11 Å². The summed E-state index contributed by atoms with van der Waals surface area (Å²) in [5.74, 6) is 1.64. The molecule has 0 aliphatic heterocycles. The third kappa shape index (κ3) is 2.25. The van der Waals surface area contributed by atoms with E-state index in [1.165, 1.54) is 18.4 Å². The normalized spacial score (nSPS) is 34.6. The summed E-state index contributed by atoms with van der Waals surface area (Å²) in [6.07, 6.45) is 4.17. The Morgan fingerprint density at radius 2 is 1.78 bits per heavy atom. The van der Waals surface area contributed by atoms with E-state index in [-0.39, 0.29) is 6.10 Å². The average Bonchev–Trinajstić information content (AvgIpc) is 2.30. The molecule has 98 valence electrons. The molecule has 2 aliphatic rings. The minimum atomic E-state index is -0.0624. The molecule has 0 unspecified atom stereocenters. The number of aliphatic hydroxyl groups excluding tert-OH is 1. The van der Waals surface area contributed by atoms with Gasteiger partial charge in [0.15, 0.2) is 0 Å². The van der Waals surface area contributed by atoms with Crippen LogP contribution < -0.4 is 10.1 Å². The molecule has 2 saturated carbocycles. The first-order chi connectivity index (χ1) is 8.76. The summed E-state index contributed by atoms with van der Waals surface area (Å²) in [4.78, 5) is 0. The van der Waals surface area contributed by atoms with Crippen molar-refractivity contribution in [3.05, 3.63) is 29.8 Å². The largest absolute Gasteiger partial charge is 0.496 e. The lowest BCUT2D eigenvalue weighted by atomic mass is 9.74. The Kier molecular flexibility index (Phi) is 3.27. The Labute approximate surface area is 108 Å². The molecule has 0 amide bonds. The van der Waals surface area contributed by atoms with Crippen molar-refractivity contribution < 1.29 is 9.84 Å². The van der Waals surface area contributed by atoms with Crippen molar-refractivity contribution in [2.45, 2.75) is 49.8 Å². The summed E-state index contributed by atoms with van der Waals surface area (Å²) >= 11 is 0. The Morgan fingerprint density at radius 1 is 1.11 bits per heavy atom. The second-order valence-corrected chi connectivity index (χ2v) is 5.60. The average molecular weight is 247 g/mol. The van der Waals surface area contributed by atoms with E-state index in [9.17, 15) is 5.11 Å². The van der Waals surface area contributed by atoms with Gasteiger partial charge in [-0.3, -0.25) is 0 Å². The molecule has 1 aromatic carbocycles. The van der Waals surface area contributed by atoms with E-state index >= 15 is 0 Å². The Bertz CT molecular complexity index is 409. The van der Waals surface area contributed by atoms with Crippen molar-refractivity contribution in [2.75, 3.05) is 7.11 Å². The number of nitrogens with one attached hydrogen (secondary N) is 1. The van der Waals surface area contributed by atoms with Crippen molar-refractivity contribution in [1.82, 2.24) is 5.32 Å². The van der Waals surface area contributed by atoms with Gasteiger partial charge in [0.2, 0.25) is 0 Å². The molecule has 2 N–H and O–H groups in total. The van der Waals surface area contributed by atoms with Gasteiger partial charge in [-0.1, -0.05) is 18.2 Å². The van der Waals surface area contributed by atoms with E-state index in [0.29, 0.717) is 18.0 Å². The van der Waals surface area contributed by atoms with Crippen molar-refractivity contribution in [3.8, 4) is 5.75 Å². The first-order valence-corrected chi connectivity index (χ1v) is 6.83. The molecule has 0 radical (unpaired) electrons. The molecule has 0 spiro atoms. The van der Waals surface area contributed by atoms with Crippen molar-refractivity contribution in [1.29, 1.82) is 0 Å². The van der Waals surface area contributed by atoms with Crippen LogP contribution in [0, 0.1) is 0 Å². The fourth-order valence-corrected chi connectivity index (χ4v) is 3.07. The monoisotopic (exact) mass is 247 g/mol. The standard InChI is InChI=1S/C15H21NO2/c1-18-15-5-3-2-4-14(15)10-6-11(7-10)16-12-8-13(17)9-12/h2-5,10-13,16-17H,6-9H2,1H3. The van der Waals surface area contributed by atoms with Crippen LogP contribution in [0.25, 0.3) is 0 Å². The van der Waals surface area contributed by atoms with E-state index in [1.807, 2.05) is 12.1 Å². The first kappa shape index (κ1) is 12.0. The maximum absolute atomic E-state index is 9.26. The quantitative estimate of drug-likeness (QED) is 0.855. The maximum Gasteiger partial charge on any atom is 0.122 e. The zero-order valence-corrected chi connectivity index (χ0v) is 10.8. The number of para-hydroxylation sites is 1. The third-order valence-corrected chi connectivity index (χ3v) is 4.30. The Hall–Kier alpha value is -1.06. The molecule has 2 fully saturated rings. The number of rotatable bonds is 4. The third-order valence-electron chi connectivity index (χ3n) is 4.30. The lowest BCUT2D eigenvalue weighted by Crippen LogP contribution is -2.52. The van der Waals surface area contributed by atoms with Crippen LogP contribution in [0.15, 0.2) is 24.3 Å². The molecule has 0 aromatic heterocycles. The van der Waals surface area contributed by atoms with Gasteiger partial charge >= 0.3 is 0 Å². The second kappa shape index (κ2) is 4.90. The van der Waals surface area contributed by atoms with Gasteiger partial charge in [0.25, 0.3) is 0 Å². The minimum Gasteiger partial charge on any atom is -0.496 e. The van der Waals surface area contributed by atoms with Crippen LogP contribution in [-0.2, 0) is 0 Å². The predicted octanol–water partition coefficient (Wildman–Crippen LogP) is 2.05. The van der Waals surface area contributed by atoms with Crippen LogP contribution in [0.1, 0.15) is 37.2 Å². The molecule has 2 aliphatic carbocycles. The Morgan fingerprint density at radius 3 is 2.44 bits per heavy atom. The predicted molar refractivity (Wildman–Crippen MR) is 70.9 cm³/mol. The molecule has 3 heteroatoms. The number of methoxy groups -OCH3 is 1. The highest BCUT2D eigenvalue weighted by atomic mass is 16.5. The van der Waals surface area contributed by atoms with E-state index in [2.05, 4.69) is 17.4 Å². The lowest BCUT2D eigenvalue weighted by molar-refractivity contribution is 0.0505. The molecule has 1 aromatic rings. The summed E-state index contributed by atoms with van der Waals surface area (Å²) in [6.45, 7) is 0. The molecule has 0 atom stereocenters. The molecule has 0 saturated heterocycles. The summed E-state index contributed by atoms with van der Waals surface area (Å²) in [5.41, 5.74) is 1.34. The van der Waals surface area contributed by atoms with Crippen LogP contribution in [0.2, 0.25) is 0 Å². The zero-order valence-electron chi connectivity index (χ0n) is 10.8. The number of aliphatic hydroxyl groups is 1. The topological polar surface area (TPSA) is 41.5 Å². The minimum absolute atomic E-state index is 0.0624. The molecule has 0 bridgehead atoms. The van der Waals surface area contributed by atoms with Gasteiger partial charge in [0, 0.05) is 12.1 Å². The second-order valence-electron chi connectivity index (χ2n) is 5.60. The van der Waals surface area contributed by atoms with Gasteiger partial charge < -0.3 is 15.2 Å². The van der Waals surface area contributed by atoms with Gasteiger partial charge in [0.1, 0.15) is 5.75 Å². The van der Waals surface area contributed by atoms with Crippen molar-refractivity contribution in [3.63, 3.8) is 0 Å². The number of hydrogen-bond acceptors (Lipinski definition) is 3. The van der Waals surface area contributed by atoms with Crippen LogP contribution in [-0.4, -0.2) is 30.4 Å². The van der Waals surface area contributed by atoms with E-state index in [4.69, 9.17) is 4.74 Å². The van der Waals surface area contributed by atoms with Crippen molar-refractivity contribution >= 4 is 0 Å². The van der Waals surface area contributed by atoms with E-state index < -0.39 is 0 Å². The molecule has 3 rings (SSSR count). The first-order valence-electron chi connectivity index (χ1n) is 6.83. The fourth-order valence-electron chi connectivity index (χ4n) is 3.07. The smallest absolute Gasteiger partial charge is 0.122 e. The van der Waals surface area contributed by atoms with Crippen LogP contribution in [0.4, 0.5) is 0 Å². The highest BCUT2D eigenvalue weighted by molar-refractivity contribution is 5.37. The van der Waals surface area contributed by atoms with Gasteiger partial charge in [-0.15, -0.1) is 0 Å². The summed E-state index contributed by atoms with van der Waals surface area (Å²) in [5, 5.41) is 12.9. The molecule has 18 heavy (non-hydrogen) atoms. The highest BCUT2D eigenvalue weighted by Gasteiger charge is 2.36. The van der Waals surface area contributed by atoms with Crippen molar-refractivity contribution in [2.24, 2.45) is 0 Å². The zero-order chi connectivity index (χ0) is 12.5. The molecule has 3 nitrogen and oxygen atoms in total. The Balaban J connectivity index is 1.52.